The molecule has 0 saturated carbocycles. The van der Waals surface area contributed by atoms with Crippen LogP contribution in [0.3, 0.4) is 0 Å². The molecule has 0 aliphatic carbocycles. The summed E-state index contributed by atoms with van der Waals surface area (Å²) in [4.78, 5) is 8.61. The van der Waals surface area contributed by atoms with Crippen molar-refractivity contribution >= 4 is 10.9 Å². The zero-order chi connectivity index (χ0) is 12.4. The zero-order valence-corrected chi connectivity index (χ0v) is 9.74. The molecule has 2 heterocycles. The minimum absolute atomic E-state index is 0.0150. The molecule has 0 bridgehead atoms. The minimum Gasteiger partial charge on any atom is -0.392 e. The SMILES string of the molecule is OCc1cc(-c2ccncc2)nc2ccccc12. The van der Waals surface area contributed by atoms with Gasteiger partial charge in [0.25, 0.3) is 0 Å². The average Bonchev–Trinajstić information content (AvgIpc) is 2.47. The van der Waals surface area contributed by atoms with E-state index in [9.17, 15) is 5.11 Å². The maximum Gasteiger partial charge on any atom is 0.0714 e. The van der Waals surface area contributed by atoms with Gasteiger partial charge in [-0.1, -0.05) is 18.2 Å². The summed E-state index contributed by atoms with van der Waals surface area (Å²) in [7, 11) is 0. The fourth-order valence-electron chi connectivity index (χ4n) is 2.05. The van der Waals surface area contributed by atoms with E-state index in [2.05, 4.69) is 9.97 Å². The van der Waals surface area contributed by atoms with Crippen LogP contribution in [0, 0.1) is 0 Å². The molecule has 0 radical (unpaired) electrons. The third-order valence-corrected chi connectivity index (χ3v) is 2.95. The first-order valence-electron chi connectivity index (χ1n) is 5.78. The number of aromatic nitrogens is 2. The van der Waals surface area contributed by atoms with Gasteiger partial charge in [-0.3, -0.25) is 4.98 Å². The number of hydrogen-bond acceptors (Lipinski definition) is 3. The first-order chi connectivity index (χ1) is 8.88. The predicted octanol–water partition coefficient (Wildman–Crippen LogP) is 2.79. The number of fused-ring (bicyclic) bond motifs is 1. The maximum absolute atomic E-state index is 9.47. The molecule has 0 unspecified atom stereocenters. The van der Waals surface area contributed by atoms with Crippen LogP contribution in [-0.2, 0) is 6.61 Å². The van der Waals surface area contributed by atoms with E-state index in [1.807, 2.05) is 42.5 Å². The topological polar surface area (TPSA) is 46.0 Å². The molecule has 18 heavy (non-hydrogen) atoms. The molecule has 3 heteroatoms. The first-order valence-corrected chi connectivity index (χ1v) is 5.78. The second-order valence-electron chi connectivity index (χ2n) is 4.08. The van der Waals surface area contributed by atoms with Crippen molar-refractivity contribution in [1.82, 2.24) is 9.97 Å². The van der Waals surface area contributed by atoms with E-state index in [-0.39, 0.29) is 6.61 Å². The summed E-state index contributed by atoms with van der Waals surface area (Å²) in [5.41, 5.74) is 3.66. The van der Waals surface area contributed by atoms with Gasteiger partial charge in [0.15, 0.2) is 0 Å². The quantitative estimate of drug-likeness (QED) is 0.744. The normalized spacial score (nSPS) is 10.7. The summed E-state index contributed by atoms with van der Waals surface area (Å²) in [6.07, 6.45) is 3.48. The summed E-state index contributed by atoms with van der Waals surface area (Å²) < 4.78 is 0. The molecule has 88 valence electrons. The van der Waals surface area contributed by atoms with Crippen molar-refractivity contribution in [2.24, 2.45) is 0 Å². The van der Waals surface area contributed by atoms with Crippen molar-refractivity contribution in [2.75, 3.05) is 0 Å². The number of hydrogen-bond donors (Lipinski definition) is 1. The molecule has 0 aliphatic rings. The van der Waals surface area contributed by atoms with Gasteiger partial charge in [0.05, 0.1) is 17.8 Å². The highest BCUT2D eigenvalue weighted by Gasteiger charge is 2.06. The standard InChI is InChI=1S/C15H12N2O/c18-10-12-9-15(11-5-7-16-8-6-11)17-14-4-2-1-3-13(12)14/h1-9,18H,10H2. The molecule has 0 spiro atoms. The molecule has 0 aliphatic heterocycles. The van der Waals surface area contributed by atoms with Gasteiger partial charge in [-0.25, -0.2) is 4.98 Å². The largest absolute Gasteiger partial charge is 0.392 e. The molecule has 2 aromatic heterocycles. The van der Waals surface area contributed by atoms with Crippen LogP contribution < -0.4 is 0 Å². The van der Waals surface area contributed by atoms with Crippen LogP contribution in [0.5, 0.6) is 0 Å². The lowest BCUT2D eigenvalue weighted by Crippen LogP contribution is -1.92. The molecule has 0 saturated heterocycles. The van der Waals surface area contributed by atoms with Crippen molar-refractivity contribution < 1.29 is 5.11 Å². The lowest BCUT2D eigenvalue weighted by molar-refractivity contribution is 0.283. The highest BCUT2D eigenvalue weighted by Crippen LogP contribution is 2.24. The zero-order valence-electron chi connectivity index (χ0n) is 9.74. The Labute approximate surface area is 105 Å². The Bertz CT molecular complexity index is 680. The van der Waals surface area contributed by atoms with E-state index < -0.39 is 0 Å². The van der Waals surface area contributed by atoms with Gasteiger partial charge in [0.2, 0.25) is 0 Å². The molecule has 3 aromatic rings. The van der Waals surface area contributed by atoms with Crippen LogP contribution in [0.2, 0.25) is 0 Å². The fourth-order valence-corrected chi connectivity index (χ4v) is 2.05. The highest BCUT2D eigenvalue weighted by atomic mass is 16.3. The molecule has 3 rings (SSSR count). The number of nitrogens with zero attached hydrogens (tertiary/aromatic N) is 2. The van der Waals surface area contributed by atoms with E-state index in [0.717, 1.165) is 27.7 Å². The summed E-state index contributed by atoms with van der Waals surface area (Å²) in [6, 6.07) is 13.6. The third kappa shape index (κ3) is 1.85. The predicted molar refractivity (Wildman–Crippen MR) is 70.9 cm³/mol. The lowest BCUT2D eigenvalue weighted by atomic mass is 10.1. The number of rotatable bonds is 2. The Hall–Kier alpha value is -2.26. The van der Waals surface area contributed by atoms with Crippen molar-refractivity contribution in [3.05, 3.63) is 60.4 Å². The Balaban J connectivity index is 2.26. The molecular formula is C15H12N2O. The molecule has 1 N–H and O–H groups in total. The van der Waals surface area contributed by atoms with Gasteiger partial charge < -0.3 is 5.11 Å². The number of aliphatic hydroxyl groups is 1. The summed E-state index contributed by atoms with van der Waals surface area (Å²) >= 11 is 0. The van der Waals surface area contributed by atoms with Crippen LogP contribution in [0.15, 0.2) is 54.9 Å². The lowest BCUT2D eigenvalue weighted by Gasteiger charge is -2.07. The van der Waals surface area contributed by atoms with Crippen molar-refractivity contribution in [3.8, 4) is 11.3 Å². The molecular weight excluding hydrogens is 224 g/mol. The monoisotopic (exact) mass is 236 g/mol. The number of benzene rings is 1. The molecule has 0 amide bonds. The van der Waals surface area contributed by atoms with Crippen molar-refractivity contribution in [1.29, 1.82) is 0 Å². The third-order valence-electron chi connectivity index (χ3n) is 2.95. The number of pyridine rings is 2. The summed E-state index contributed by atoms with van der Waals surface area (Å²) in [6.45, 7) is 0.0150. The van der Waals surface area contributed by atoms with E-state index in [0.29, 0.717) is 0 Å². The van der Waals surface area contributed by atoms with Gasteiger partial charge in [-0.05, 0) is 29.8 Å². The smallest absolute Gasteiger partial charge is 0.0714 e. The average molecular weight is 236 g/mol. The van der Waals surface area contributed by atoms with Crippen molar-refractivity contribution in [3.63, 3.8) is 0 Å². The molecule has 3 nitrogen and oxygen atoms in total. The first kappa shape index (κ1) is 10.9. The van der Waals surface area contributed by atoms with Crippen LogP contribution in [0.25, 0.3) is 22.2 Å². The van der Waals surface area contributed by atoms with Gasteiger partial charge in [-0.2, -0.15) is 0 Å². The van der Waals surface area contributed by atoms with Crippen LogP contribution in [-0.4, -0.2) is 15.1 Å². The second kappa shape index (κ2) is 4.55. The Morgan fingerprint density at radius 3 is 2.56 bits per heavy atom. The summed E-state index contributed by atoms with van der Waals surface area (Å²) in [5.74, 6) is 0. The Morgan fingerprint density at radius 2 is 1.78 bits per heavy atom. The van der Waals surface area contributed by atoms with E-state index in [1.165, 1.54) is 0 Å². The number of aliphatic hydroxyl groups excluding tert-OH is 1. The van der Waals surface area contributed by atoms with Crippen molar-refractivity contribution in [2.45, 2.75) is 6.61 Å². The second-order valence-corrected chi connectivity index (χ2v) is 4.08. The van der Waals surface area contributed by atoms with Crippen LogP contribution >= 0.6 is 0 Å². The van der Waals surface area contributed by atoms with E-state index >= 15 is 0 Å². The van der Waals surface area contributed by atoms with Gasteiger partial charge in [-0.15, -0.1) is 0 Å². The number of para-hydroxylation sites is 1. The Kier molecular flexibility index (Phi) is 2.74. The maximum atomic E-state index is 9.47. The van der Waals surface area contributed by atoms with Crippen LogP contribution in [0.4, 0.5) is 0 Å². The van der Waals surface area contributed by atoms with Gasteiger partial charge in [0.1, 0.15) is 0 Å². The molecule has 1 aromatic carbocycles. The molecule has 0 fully saturated rings. The van der Waals surface area contributed by atoms with Gasteiger partial charge >= 0.3 is 0 Å². The Morgan fingerprint density at radius 1 is 1.00 bits per heavy atom. The van der Waals surface area contributed by atoms with Gasteiger partial charge in [0, 0.05) is 23.3 Å². The molecule has 0 atom stereocenters. The minimum atomic E-state index is 0.0150. The summed E-state index contributed by atoms with van der Waals surface area (Å²) in [5, 5.41) is 10.5. The fraction of sp³-hybridized carbons (Fsp3) is 0.0667. The van der Waals surface area contributed by atoms with Crippen LogP contribution in [0.1, 0.15) is 5.56 Å². The van der Waals surface area contributed by atoms with E-state index in [4.69, 9.17) is 0 Å². The van der Waals surface area contributed by atoms with E-state index in [1.54, 1.807) is 12.4 Å². The highest BCUT2D eigenvalue weighted by molar-refractivity contribution is 5.85.